The number of aromatic nitrogens is 2. The number of H-pyrrole nitrogens is 1. The highest BCUT2D eigenvalue weighted by atomic mass is 16.5. The smallest absolute Gasteiger partial charge is 0.224 e. The summed E-state index contributed by atoms with van der Waals surface area (Å²) in [5, 5.41) is 2.78. The van der Waals surface area contributed by atoms with E-state index in [2.05, 4.69) is 15.3 Å². The highest BCUT2D eigenvalue weighted by Crippen LogP contribution is 2.11. The SMILES string of the molecule is COCCNC(=O)Cc1ccc2nc[nH]c2c1. The topological polar surface area (TPSA) is 67.0 Å². The van der Waals surface area contributed by atoms with Crippen LogP contribution in [0.25, 0.3) is 11.0 Å². The van der Waals surface area contributed by atoms with E-state index >= 15 is 0 Å². The van der Waals surface area contributed by atoms with Crippen LogP contribution in [0, 0.1) is 0 Å². The van der Waals surface area contributed by atoms with Gasteiger partial charge < -0.3 is 15.0 Å². The minimum absolute atomic E-state index is 0.000848. The van der Waals surface area contributed by atoms with Gasteiger partial charge in [-0.05, 0) is 17.7 Å². The van der Waals surface area contributed by atoms with E-state index in [0.717, 1.165) is 16.6 Å². The standard InChI is InChI=1S/C12H15N3O2/c1-17-5-4-13-12(16)7-9-2-3-10-11(6-9)15-8-14-10/h2-3,6,8H,4-5,7H2,1H3,(H,13,16)(H,14,15). The van der Waals surface area contributed by atoms with E-state index in [9.17, 15) is 4.79 Å². The summed E-state index contributed by atoms with van der Waals surface area (Å²) in [6.45, 7) is 1.08. The van der Waals surface area contributed by atoms with E-state index in [1.54, 1.807) is 13.4 Å². The van der Waals surface area contributed by atoms with Gasteiger partial charge in [-0.2, -0.15) is 0 Å². The van der Waals surface area contributed by atoms with Gasteiger partial charge in [-0.1, -0.05) is 6.07 Å². The molecule has 90 valence electrons. The van der Waals surface area contributed by atoms with Crippen molar-refractivity contribution in [3.63, 3.8) is 0 Å². The molecule has 17 heavy (non-hydrogen) atoms. The van der Waals surface area contributed by atoms with E-state index in [1.165, 1.54) is 0 Å². The molecule has 2 N–H and O–H groups in total. The molecule has 1 amide bonds. The minimum atomic E-state index is 0.000848. The lowest BCUT2D eigenvalue weighted by molar-refractivity contribution is -0.120. The fourth-order valence-corrected chi connectivity index (χ4v) is 1.63. The largest absolute Gasteiger partial charge is 0.383 e. The number of methoxy groups -OCH3 is 1. The van der Waals surface area contributed by atoms with Crippen molar-refractivity contribution in [1.82, 2.24) is 15.3 Å². The Morgan fingerprint density at radius 3 is 3.24 bits per heavy atom. The molecule has 1 aromatic heterocycles. The maximum absolute atomic E-state index is 11.6. The van der Waals surface area contributed by atoms with E-state index in [4.69, 9.17) is 4.74 Å². The average molecular weight is 233 g/mol. The molecule has 0 spiro atoms. The van der Waals surface area contributed by atoms with Crippen molar-refractivity contribution in [2.45, 2.75) is 6.42 Å². The summed E-state index contributed by atoms with van der Waals surface area (Å²) in [6, 6.07) is 5.76. The monoisotopic (exact) mass is 233 g/mol. The molecule has 0 radical (unpaired) electrons. The quantitative estimate of drug-likeness (QED) is 0.753. The first-order chi connectivity index (χ1) is 8.29. The lowest BCUT2D eigenvalue weighted by atomic mass is 10.1. The number of hydrogen-bond acceptors (Lipinski definition) is 3. The van der Waals surface area contributed by atoms with Gasteiger partial charge in [0.1, 0.15) is 0 Å². The summed E-state index contributed by atoms with van der Waals surface area (Å²) < 4.78 is 4.86. The van der Waals surface area contributed by atoms with Gasteiger partial charge in [-0.25, -0.2) is 4.98 Å². The second-order valence-electron chi connectivity index (χ2n) is 3.77. The molecule has 0 aliphatic rings. The first-order valence-electron chi connectivity index (χ1n) is 5.47. The second kappa shape index (κ2) is 5.45. The predicted molar refractivity (Wildman–Crippen MR) is 64.7 cm³/mol. The van der Waals surface area contributed by atoms with Gasteiger partial charge >= 0.3 is 0 Å². The predicted octanol–water partition coefficient (Wildman–Crippen LogP) is 0.868. The number of amides is 1. The molecule has 0 fully saturated rings. The van der Waals surface area contributed by atoms with Crippen LogP contribution in [0.5, 0.6) is 0 Å². The van der Waals surface area contributed by atoms with Crippen LogP contribution in [0.2, 0.25) is 0 Å². The number of fused-ring (bicyclic) bond motifs is 1. The van der Waals surface area contributed by atoms with Crippen molar-refractivity contribution >= 4 is 16.9 Å². The Balaban J connectivity index is 1.95. The third-order valence-electron chi connectivity index (χ3n) is 2.48. The number of aromatic amines is 1. The molecule has 0 atom stereocenters. The molecule has 0 aliphatic heterocycles. The Hall–Kier alpha value is -1.88. The molecule has 0 aliphatic carbocycles. The van der Waals surface area contributed by atoms with E-state index in [0.29, 0.717) is 19.6 Å². The Kier molecular flexibility index (Phi) is 3.72. The molecule has 5 nitrogen and oxygen atoms in total. The van der Waals surface area contributed by atoms with Gasteiger partial charge in [0.05, 0.1) is 30.4 Å². The molecule has 2 aromatic rings. The van der Waals surface area contributed by atoms with Gasteiger partial charge in [0.25, 0.3) is 0 Å². The fourth-order valence-electron chi connectivity index (χ4n) is 1.63. The normalized spacial score (nSPS) is 10.6. The highest BCUT2D eigenvalue weighted by molar-refractivity contribution is 5.81. The molecule has 1 aromatic carbocycles. The Labute approximate surface area is 99.2 Å². The number of carbonyl (C=O) groups is 1. The fraction of sp³-hybridized carbons (Fsp3) is 0.333. The number of nitrogens with zero attached hydrogens (tertiary/aromatic N) is 1. The van der Waals surface area contributed by atoms with Crippen LogP contribution in [0.4, 0.5) is 0 Å². The van der Waals surface area contributed by atoms with Gasteiger partial charge in [0.15, 0.2) is 0 Å². The van der Waals surface area contributed by atoms with Gasteiger partial charge in [-0.3, -0.25) is 4.79 Å². The van der Waals surface area contributed by atoms with Crippen molar-refractivity contribution < 1.29 is 9.53 Å². The third kappa shape index (κ3) is 3.04. The summed E-state index contributed by atoms with van der Waals surface area (Å²) in [5.41, 5.74) is 2.83. The van der Waals surface area contributed by atoms with Crippen LogP contribution in [-0.4, -0.2) is 36.1 Å². The van der Waals surface area contributed by atoms with E-state index in [1.807, 2.05) is 18.2 Å². The van der Waals surface area contributed by atoms with Gasteiger partial charge in [-0.15, -0.1) is 0 Å². The number of carbonyl (C=O) groups excluding carboxylic acids is 1. The molecule has 1 heterocycles. The van der Waals surface area contributed by atoms with Crippen molar-refractivity contribution in [3.05, 3.63) is 30.1 Å². The lowest BCUT2D eigenvalue weighted by Crippen LogP contribution is -2.28. The van der Waals surface area contributed by atoms with Crippen LogP contribution in [0.3, 0.4) is 0 Å². The number of nitrogens with one attached hydrogen (secondary N) is 2. The zero-order valence-electron chi connectivity index (χ0n) is 9.69. The number of imidazole rings is 1. The average Bonchev–Trinajstić information content (AvgIpc) is 2.76. The molecule has 0 saturated carbocycles. The maximum Gasteiger partial charge on any atom is 0.224 e. The number of hydrogen-bond donors (Lipinski definition) is 2. The lowest BCUT2D eigenvalue weighted by Gasteiger charge is -2.04. The molecule has 0 bridgehead atoms. The molecule has 5 heteroatoms. The summed E-state index contributed by atoms with van der Waals surface area (Å²) in [5.74, 6) is 0.000848. The Morgan fingerprint density at radius 1 is 1.53 bits per heavy atom. The minimum Gasteiger partial charge on any atom is -0.383 e. The second-order valence-corrected chi connectivity index (χ2v) is 3.77. The molecule has 2 rings (SSSR count). The zero-order valence-corrected chi connectivity index (χ0v) is 9.69. The van der Waals surface area contributed by atoms with Crippen molar-refractivity contribution in [2.75, 3.05) is 20.3 Å². The molecule has 0 saturated heterocycles. The summed E-state index contributed by atoms with van der Waals surface area (Å²) in [7, 11) is 1.61. The first-order valence-corrected chi connectivity index (χ1v) is 5.47. The van der Waals surface area contributed by atoms with Crippen LogP contribution in [-0.2, 0) is 16.0 Å². The highest BCUT2D eigenvalue weighted by Gasteiger charge is 2.04. The zero-order chi connectivity index (χ0) is 12.1. The van der Waals surface area contributed by atoms with Crippen LogP contribution in [0.1, 0.15) is 5.56 Å². The molecular formula is C12H15N3O2. The first kappa shape index (κ1) is 11.6. The van der Waals surface area contributed by atoms with Gasteiger partial charge in [0, 0.05) is 13.7 Å². The summed E-state index contributed by atoms with van der Waals surface area (Å²) in [4.78, 5) is 18.7. The van der Waals surface area contributed by atoms with Crippen molar-refractivity contribution in [1.29, 1.82) is 0 Å². The third-order valence-corrected chi connectivity index (χ3v) is 2.48. The molecule has 0 unspecified atom stereocenters. The van der Waals surface area contributed by atoms with Crippen LogP contribution in [0.15, 0.2) is 24.5 Å². The van der Waals surface area contributed by atoms with Crippen LogP contribution < -0.4 is 5.32 Å². The Bertz CT molecular complexity index is 507. The van der Waals surface area contributed by atoms with Crippen molar-refractivity contribution in [3.8, 4) is 0 Å². The summed E-state index contributed by atoms with van der Waals surface area (Å²) >= 11 is 0. The van der Waals surface area contributed by atoms with E-state index in [-0.39, 0.29) is 5.91 Å². The van der Waals surface area contributed by atoms with Crippen molar-refractivity contribution in [2.24, 2.45) is 0 Å². The van der Waals surface area contributed by atoms with Gasteiger partial charge in [0.2, 0.25) is 5.91 Å². The summed E-state index contributed by atoms with van der Waals surface area (Å²) in [6.07, 6.45) is 2.02. The maximum atomic E-state index is 11.6. The molecular weight excluding hydrogens is 218 g/mol. The number of rotatable bonds is 5. The number of benzene rings is 1. The Morgan fingerprint density at radius 2 is 2.41 bits per heavy atom. The number of ether oxygens (including phenoxy) is 1. The van der Waals surface area contributed by atoms with Crippen LogP contribution >= 0.6 is 0 Å². The van der Waals surface area contributed by atoms with E-state index < -0.39 is 0 Å².